The fraction of sp³-hybridized carbons (Fsp3) is 0.455. The van der Waals surface area contributed by atoms with Crippen LogP contribution in [-0.4, -0.2) is 12.2 Å². The van der Waals surface area contributed by atoms with Crippen molar-refractivity contribution in [2.75, 3.05) is 12.4 Å². The third-order valence-corrected chi connectivity index (χ3v) is 2.82. The molecule has 0 aromatic heterocycles. The van der Waals surface area contributed by atoms with Gasteiger partial charge in [-0.05, 0) is 23.1 Å². The number of rotatable bonds is 1. The number of halogens is 1. The third-order valence-electron chi connectivity index (χ3n) is 2.16. The Morgan fingerprint density at radius 3 is 2.29 bits per heavy atom. The molecule has 1 aromatic carbocycles. The molecule has 14 heavy (non-hydrogen) atoms. The van der Waals surface area contributed by atoms with Gasteiger partial charge in [0.25, 0.3) is 0 Å². The van der Waals surface area contributed by atoms with Gasteiger partial charge in [0, 0.05) is 11.5 Å². The van der Waals surface area contributed by atoms with Crippen molar-refractivity contribution in [2.24, 2.45) is 0 Å². The van der Waals surface area contributed by atoms with Crippen molar-refractivity contribution in [3.05, 3.63) is 22.2 Å². The summed E-state index contributed by atoms with van der Waals surface area (Å²) in [5.41, 5.74) is 1.88. The Balaban J connectivity index is 3.29. The van der Waals surface area contributed by atoms with Crippen LogP contribution in [-0.2, 0) is 5.41 Å². The molecule has 78 valence electrons. The van der Waals surface area contributed by atoms with E-state index in [2.05, 4.69) is 42.0 Å². The first-order chi connectivity index (χ1) is 6.36. The molecule has 1 aromatic rings. The molecular weight excluding hydrogens is 242 g/mol. The molecule has 0 spiro atoms. The lowest BCUT2D eigenvalue weighted by atomic mass is 9.87. The van der Waals surface area contributed by atoms with Crippen LogP contribution >= 0.6 is 15.9 Å². The molecule has 0 bridgehead atoms. The van der Waals surface area contributed by atoms with E-state index in [1.54, 1.807) is 13.1 Å². The molecule has 2 N–H and O–H groups in total. The van der Waals surface area contributed by atoms with Crippen LogP contribution in [0.1, 0.15) is 26.3 Å². The van der Waals surface area contributed by atoms with Gasteiger partial charge in [-0.2, -0.15) is 0 Å². The van der Waals surface area contributed by atoms with Gasteiger partial charge in [0.15, 0.2) is 0 Å². The number of aromatic hydroxyl groups is 1. The van der Waals surface area contributed by atoms with Gasteiger partial charge in [-0.25, -0.2) is 0 Å². The van der Waals surface area contributed by atoms with Crippen LogP contribution in [0.5, 0.6) is 5.75 Å². The van der Waals surface area contributed by atoms with E-state index >= 15 is 0 Å². The number of nitrogens with one attached hydrogen (secondary N) is 1. The molecule has 3 heteroatoms. The van der Waals surface area contributed by atoms with Crippen molar-refractivity contribution in [1.82, 2.24) is 0 Å². The minimum atomic E-state index is 0.0303. The number of benzene rings is 1. The van der Waals surface area contributed by atoms with Crippen LogP contribution in [0, 0.1) is 0 Å². The Hall–Kier alpha value is -0.700. The lowest BCUT2D eigenvalue weighted by molar-refractivity contribution is 0.473. The molecule has 0 fully saturated rings. The Morgan fingerprint density at radius 1 is 1.29 bits per heavy atom. The summed E-state index contributed by atoms with van der Waals surface area (Å²) >= 11 is 3.51. The Bertz CT molecular complexity index is 342. The summed E-state index contributed by atoms with van der Waals surface area (Å²) in [5, 5.41) is 12.6. The zero-order valence-corrected chi connectivity index (χ0v) is 10.6. The maximum Gasteiger partial charge on any atom is 0.139 e. The fourth-order valence-electron chi connectivity index (χ4n) is 1.34. The summed E-state index contributed by atoms with van der Waals surface area (Å²) in [4.78, 5) is 0. The normalized spacial score (nSPS) is 11.5. The summed E-state index contributed by atoms with van der Waals surface area (Å²) in [7, 11) is 1.79. The van der Waals surface area contributed by atoms with Crippen LogP contribution in [0.4, 0.5) is 5.69 Å². The van der Waals surface area contributed by atoms with Gasteiger partial charge in [-0.1, -0.05) is 36.7 Å². The van der Waals surface area contributed by atoms with E-state index in [-0.39, 0.29) is 5.41 Å². The second kappa shape index (κ2) is 3.81. The van der Waals surface area contributed by atoms with Crippen LogP contribution in [0.2, 0.25) is 0 Å². The molecule has 0 saturated carbocycles. The van der Waals surface area contributed by atoms with Gasteiger partial charge in [-0.15, -0.1) is 0 Å². The van der Waals surface area contributed by atoms with Gasteiger partial charge in [0.1, 0.15) is 5.75 Å². The standard InChI is InChI=1S/C11H16BrNO/c1-11(2,3)7-5-10(14)9(13-4)6-8(7)12/h5-6,13-14H,1-4H3. The quantitative estimate of drug-likeness (QED) is 0.755. The third kappa shape index (κ3) is 2.21. The van der Waals surface area contributed by atoms with Crippen molar-refractivity contribution < 1.29 is 5.11 Å². The predicted molar refractivity (Wildman–Crippen MR) is 64.1 cm³/mol. The van der Waals surface area contributed by atoms with Crippen molar-refractivity contribution in [3.8, 4) is 5.75 Å². The molecule has 0 atom stereocenters. The minimum Gasteiger partial charge on any atom is -0.506 e. The molecule has 0 aliphatic rings. The lowest BCUT2D eigenvalue weighted by Crippen LogP contribution is -2.12. The molecule has 1 rings (SSSR count). The number of phenolic OH excluding ortho intramolecular Hbond substituents is 1. The van der Waals surface area contributed by atoms with E-state index in [9.17, 15) is 5.11 Å². The monoisotopic (exact) mass is 257 g/mol. The van der Waals surface area contributed by atoms with Crippen LogP contribution < -0.4 is 5.32 Å². The van der Waals surface area contributed by atoms with Crippen molar-refractivity contribution in [3.63, 3.8) is 0 Å². The molecule has 0 aliphatic carbocycles. The van der Waals surface area contributed by atoms with Gasteiger partial charge >= 0.3 is 0 Å². The number of phenols is 1. The molecular formula is C11H16BrNO. The van der Waals surface area contributed by atoms with E-state index in [1.807, 2.05) is 6.07 Å². The van der Waals surface area contributed by atoms with E-state index in [4.69, 9.17) is 0 Å². The van der Waals surface area contributed by atoms with Crippen molar-refractivity contribution >= 4 is 21.6 Å². The van der Waals surface area contributed by atoms with Gasteiger partial charge in [-0.3, -0.25) is 0 Å². The Kier molecular flexibility index (Phi) is 3.10. The number of hydrogen-bond donors (Lipinski definition) is 2. The largest absolute Gasteiger partial charge is 0.506 e. The van der Waals surface area contributed by atoms with Crippen LogP contribution in [0.3, 0.4) is 0 Å². The van der Waals surface area contributed by atoms with Crippen molar-refractivity contribution in [2.45, 2.75) is 26.2 Å². The molecule has 0 heterocycles. The Morgan fingerprint density at radius 2 is 1.86 bits per heavy atom. The van der Waals surface area contributed by atoms with Crippen LogP contribution in [0.15, 0.2) is 16.6 Å². The first-order valence-electron chi connectivity index (χ1n) is 4.57. The summed E-state index contributed by atoms with van der Waals surface area (Å²) < 4.78 is 1.02. The first-order valence-corrected chi connectivity index (χ1v) is 5.36. The first kappa shape index (κ1) is 11.4. The highest BCUT2D eigenvalue weighted by Crippen LogP contribution is 2.36. The lowest BCUT2D eigenvalue weighted by Gasteiger charge is -2.22. The van der Waals surface area contributed by atoms with Crippen molar-refractivity contribution in [1.29, 1.82) is 0 Å². The zero-order chi connectivity index (χ0) is 10.9. The molecule has 0 radical (unpaired) electrons. The van der Waals surface area contributed by atoms with E-state index in [0.717, 1.165) is 15.7 Å². The van der Waals surface area contributed by atoms with Gasteiger partial charge in [0.05, 0.1) is 5.69 Å². The summed E-state index contributed by atoms with van der Waals surface area (Å²) in [5.74, 6) is 0.292. The molecule has 0 unspecified atom stereocenters. The number of anilines is 1. The average molecular weight is 258 g/mol. The highest BCUT2D eigenvalue weighted by molar-refractivity contribution is 9.10. The molecule has 0 amide bonds. The molecule has 0 saturated heterocycles. The van der Waals surface area contributed by atoms with Gasteiger partial charge < -0.3 is 10.4 Å². The smallest absolute Gasteiger partial charge is 0.139 e. The highest BCUT2D eigenvalue weighted by Gasteiger charge is 2.18. The van der Waals surface area contributed by atoms with E-state index < -0.39 is 0 Å². The second-order valence-corrected chi connectivity index (χ2v) is 5.20. The topological polar surface area (TPSA) is 32.3 Å². The maximum atomic E-state index is 9.70. The second-order valence-electron chi connectivity index (χ2n) is 4.35. The zero-order valence-electron chi connectivity index (χ0n) is 8.98. The molecule has 0 aliphatic heterocycles. The predicted octanol–water partition coefficient (Wildman–Crippen LogP) is 3.49. The minimum absolute atomic E-state index is 0.0303. The maximum absolute atomic E-state index is 9.70. The highest BCUT2D eigenvalue weighted by atomic mass is 79.9. The summed E-state index contributed by atoms with van der Waals surface area (Å²) in [6, 6.07) is 3.70. The van der Waals surface area contributed by atoms with Crippen LogP contribution in [0.25, 0.3) is 0 Å². The number of hydrogen-bond acceptors (Lipinski definition) is 2. The SMILES string of the molecule is CNc1cc(Br)c(C(C)(C)C)cc1O. The summed E-state index contributed by atoms with van der Waals surface area (Å²) in [6.45, 7) is 6.35. The summed E-state index contributed by atoms with van der Waals surface area (Å²) in [6.07, 6.45) is 0. The van der Waals surface area contributed by atoms with Gasteiger partial charge in [0.2, 0.25) is 0 Å². The Labute approximate surface area is 93.5 Å². The average Bonchev–Trinajstić information content (AvgIpc) is 2.06. The fourth-order valence-corrected chi connectivity index (χ4v) is 2.27. The van der Waals surface area contributed by atoms with E-state index in [1.165, 1.54) is 0 Å². The van der Waals surface area contributed by atoms with E-state index in [0.29, 0.717) is 5.75 Å². The molecule has 2 nitrogen and oxygen atoms in total.